The molecule has 2 aromatic rings. The van der Waals surface area contributed by atoms with Gasteiger partial charge in [0.1, 0.15) is 0 Å². The van der Waals surface area contributed by atoms with Crippen molar-refractivity contribution >= 4 is 35.0 Å². The van der Waals surface area contributed by atoms with Crippen molar-refractivity contribution in [3.05, 3.63) is 69.2 Å². The van der Waals surface area contributed by atoms with E-state index in [0.717, 1.165) is 5.56 Å². The van der Waals surface area contributed by atoms with Gasteiger partial charge in [-0.15, -0.1) is 0 Å². The lowest BCUT2D eigenvalue weighted by Crippen LogP contribution is -2.23. The van der Waals surface area contributed by atoms with Gasteiger partial charge in [-0.1, -0.05) is 35.0 Å². The van der Waals surface area contributed by atoms with Crippen molar-refractivity contribution in [2.24, 2.45) is 0 Å². The Morgan fingerprint density at radius 3 is 2.40 bits per heavy atom. The quantitative estimate of drug-likeness (QED) is 0.836. The molecule has 2 aromatic carbocycles. The Hall–Kier alpha value is -2.48. The fraction of sp³-hybridized carbons (Fsp3) is 0.158. The van der Waals surface area contributed by atoms with Crippen LogP contribution in [0.25, 0.3) is 0 Å². The Bertz CT molecular complexity index is 850. The van der Waals surface area contributed by atoms with Crippen molar-refractivity contribution in [3.63, 3.8) is 0 Å². The van der Waals surface area contributed by atoms with E-state index in [1.165, 1.54) is 11.0 Å². The van der Waals surface area contributed by atoms with Gasteiger partial charge in [0.15, 0.2) is 0 Å². The molecule has 2 amide bonds. The molecule has 0 aliphatic carbocycles. The number of carbonyl (C=O) groups is 2. The SMILES string of the molecule is CN(C)C(=O)c1ccc(C#CCNC(=O)c2cc(Cl)ccc2Cl)cc1. The predicted molar refractivity (Wildman–Crippen MR) is 100 cm³/mol. The van der Waals surface area contributed by atoms with Crippen LogP contribution < -0.4 is 5.32 Å². The number of amides is 2. The first kappa shape index (κ1) is 18.9. The first-order chi connectivity index (χ1) is 11.9. The van der Waals surface area contributed by atoms with E-state index in [4.69, 9.17) is 23.2 Å². The largest absolute Gasteiger partial charge is 0.345 e. The highest BCUT2D eigenvalue weighted by molar-refractivity contribution is 6.35. The fourth-order valence-electron chi connectivity index (χ4n) is 1.99. The Balaban J connectivity index is 1.95. The molecule has 128 valence electrons. The average Bonchev–Trinajstić information content (AvgIpc) is 2.60. The maximum atomic E-state index is 12.0. The molecule has 0 saturated carbocycles. The van der Waals surface area contributed by atoms with Crippen molar-refractivity contribution in [2.75, 3.05) is 20.6 Å². The van der Waals surface area contributed by atoms with E-state index in [-0.39, 0.29) is 18.4 Å². The first-order valence-corrected chi connectivity index (χ1v) is 8.18. The van der Waals surface area contributed by atoms with E-state index >= 15 is 0 Å². The van der Waals surface area contributed by atoms with E-state index in [2.05, 4.69) is 17.2 Å². The lowest BCUT2D eigenvalue weighted by molar-refractivity contribution is 0.0827. The molecule has 0 unspecified atom stereocenters. The molecule has 6 heteroatoms. The van der Waals surface area contributed by atoms with Crippen LogP contribution in [-0.2, 0) is 0 Å². The standard InChI is InChI=1S/C19H16Cl2N2O2/c1-23(2)19(25)14-7-5-13(6-8-14)4-3-11-22-18(24)16-12-15(20)9-10-17(16)21/h5-10,12H,11H2,1-2H3,(H,22,24). The lowest BCUT2D eigenvalue weighted by atomic mass is 10.1. The number of rotatable bonds is 3. The number of halogens is 2. The molecule has 1 N–H and O–H groups in total. The number of carbonyl (C=O) groups excluding carboxylic acids is 2. The van der Waals surface area contributed by atoms with Gasteiger partial charge < -0.3 is 10.2 Å². The molecular weight excluding hydrogens is 359 g/mol. The van der Waals surface area contributed by atoms with E-state index in [0.29, 0.717) is 21.2 Å². The van der Waals surface area contributed by atoms with E-state index in [1.54, 1.807) is 50.5 Å². The molecule has 0 aliphatic heterocycles. The van der Waals surface area contributed by atoms with Gasteiger partial charge in [-0.2, -0.15) is 0 Å². The lowest BCUT2D eigenvalue weighted by Gasteiger charge is -2.09. The zero-order valence-corrected chi connectivity index (χ0v) is 15.3. The summed E-state index contributed by atoms with van der Waals surface area (Å²) in [5, 5.41) is 3.43. The minimum absolute atomic E-state index is 0.0647. The Labute approximate surface area is 156 Å². The van der Waals surface area contributed by atoms with Gasteiger partial charge in [0.25, 0.3) is 11.8 Å². The summed E-state index contributed by atoms with van der Waals surface area (Å²) < 4.78 is 0. The summed E-state index contributed by atoms with van der Waals surface area (Å²) in [6, 6.07) is 11.7. The third kappa shape index (κ3) is 5.25. The number of nitrogens with one attached hydrogen (secondary N) is 1. The molecule has 0 radical (unpaired) electrons. The molecule has 0 spiro atoms. The molecule has 25 heavy (non-hydrogen) atoms. The van der Waals surface area contributed by atoms with E-state index in [1.807, 2.05) is 0 Å². The second-order valence-electron chi connectivity index (χ2n) is 5.39. The minimum atomic E-state index is -0.339. The molecule has 0 bridgehead atoms. The van der Waals surface area contributed by atoms with Gasteiger partial charge >= 0.3 is 0 Å². The Kier molecular flexibility index (Phi) is 6.46. The highest BCUT2D eigenvalue weighted by Crippen LogP contribution is 2.20. The van der Waals surface area contributed by atoms with Crippen molar-refractivity contribution in [2.45, 2.75) is 0 Å². The van der Waals surface area contributed by atoms with Crippen LogP contribution in [0.4, 0.5) is 0 Å². The summed E-state index contributed by atoms with van der Waals surface area (Å²) in [5.41, 5.74) is 1.66. The van der Waals surface area contributed by atoms with E-state index in [9.17, 15) is 9.59 Å². The molecule has 0 heterocycles. The molecular formula is C19H16Cl2N2O2. The molecule has 0 aromatic heterocycles. The summed E-state index contributed by atoms with van der Waals surface area (Å²) in [6.45, 7) is 0.167. The van der Waals surface area contributed by atoms with Crippen molar-refractivity contribution < 1.29 is 9.59 Å². The zero-order chi connectivity index (χ0) is 18.4. The topological polar surface area (TPSA) is 49.4 Å². The number of nitrogens with zero attached hydrogens (tertiary/aromatic N) is 1. The predicted octanol–water partition coefficient (Wildman–Crippen LogP) is 3.48. The van der Waals surface area contributed by atoms with Crippen LogP contribution in [0, 0.1) is 11.8 Å². The molecule has 0 aliphatic rings. The Morgan fingerprint density at radius 2 is 1.76 bits per heavy atom. The maximum Gasteiger partial charge on any atom is 0.253 e. The minimum Gasteiger partial charge on any atom is -0.345 e. The molecule has 0 saturated heterocycles. The smallest absolute Gasteiger partial charge is 0.253 e. The van der Waals surface area contributed by atoms with Crippen molar-refractivity contribution in [3.8, 4) is 11.8 Å². The van der Waals surface area contributed by atoms with Gasteiger partial charge in [-0.05, 0) is 42.5 Å². The molecule has 0 atom stereocenters. The van der Waals surface area contributed by atoms with Crippen LogP contribution in [0.5, 0.6) is 0 Å². The van der Waals surface area contributed by atoms with Crippen LogP contribution in [0.1, 0.15) is 26.3 Å². The summed E-state index contributed by atoms with van der Waals surface area (Å²) in [5.74, 6) is 5.37. The van der Waals surface area contributed by atoms with Crippen LogP contribution in [0.3, 0.4) is 0 Å². The van der Waals surface area contributed by atoms with Crippen LogP contribution in [0.15, 0.2) is 42.5 Å². The second-order valence-corrected chi connectivity index (χ2v) is 6.23. The normalized spacial score (nSPS) is 9.76. The van der Waals surface area contributed by atoms with Gasteiger partial charge in [-0.25, -0.2) is 0 Å². The molecule has 0 fully saturated rings. The van der Waals surface area contributed by atoms with Crippen molar-refractivity contribution in [1.82, 2.24) is 10.2 Å². The number of hydrogen-bond acceptors (Lipinski definition) is 2. The third-order valence-corrected chi connectivity index (χ3v) is 3.85. The molecule has 2 rings (SSSR count). The zero-order valence-electron chi connectivity index (χ0n) is 13.8. The third-order valence-electron chi connectivity index (χ3n) is 3.28. The fourth-order valence-corrected chi connectivity index (χ4v) is 2.37. The van der Waals surface area contributed by atoms with Crippen LogP contribution >= 0.6 is 23.2 Å². The summed E-state index contributed by atoms with van der Waals surface area (Å²) in [7, 11) is 3.40. The van der Waals surface area contributed by atoms with Crippen LogP contribution in [-0.4, -0.2) is 37.4 Å². The second kappa shape index (κ2) is 8.57. The number of benzene rings is 2. The first-order valence-electron chi connectivity index (χ1n) is 7.42. The van der Waals surface area contributed by atoms with Crippen molar-refractivity contribution in [1.29, 1.82) is 0 Å². The monoisotopic (exact) mass is 374 g/mol. The highest BCUT2D eigenvalue weighted by Gasteiger charge is 2.10. The van der Waals surface area contributed by atoms with Gasteiger partial charge in [0.05, 0.1) is 17.1 Å². The molecule has 4 nitrogen and oxygen atoms in total. The van der Waals surface area contributed by atoms with E-state index < -0.39 is 0 Å². The maximum absolute atomic E-state index is 12.0. The number of hydrogen-bond donors (Lipinski definition) is 1. The highest BCUT2D eigenvalue weighted by atomic mass is 35.5. The Morgan fingerprint density at radius 1 is 1.08 bits per heavy atom. The van der Waals surface area contributed by atoms with Gasteiger partial charge in [0.2, 0.25) is 0 Å². The summed E-state index contributed by atoms with van der Waals surface area (Å²) >= 11 is 11.8. The van der Waals surface area contributed by atoms with Gasteiger partial charge in [-0.3, -0.25) is 9.59 Å². The summed E-state index contributed by atoms with van der Waals surface area (Å²) in [6.07, 6.45) is 0. The van der Waals surface area contributed by atoms with Gasteiger partial charge in [0, 0.05) is 30.2 Å². The summed E-state index contributed by atoms with van der Waals surface area (Å²) in [4.78, 5) is 25.4. The average molecular weight is 375 g/mol. The van der Waals surface area contributed by atoms with Crippen LogP contribution in [0.2, 0.25) is 10.0 Å².